The summed E-state index contributed by atoms with van der Waals surface area (Å²) in [6, 6.07) is 8.62. The molecular formula is C11H9N3O4. The van der Waals surface area contributed by atoms with Crippen LogP contribution < -0.4 is 10.6 Å². The van der Waals surface area contributed by atoms with Crippen LogP contribution in [0.4, 0.5) is 5.69 Å². The molecule has 0 radical (unpaired) electrons. The maximum atomic E-state index is 11.4. The molecule has 1 aliphatic rings. The van der Waals surface area contributed by atoms with E-state index in [-0.39, 0.29) is 12.1 Å². The Bertz CT molecular complexity index is 551. The van der Waals surface area contributed by atoms with Crippen molar-refractivity contribution < 1.29 is 14.5 Å². The van der Waals surface area contributed by atoms with Gasteiger partial charge in [-0.2, -0.15) is 0 Å². The molecule has 0 spiro atoms. The Hall–Kier alpha value is -2.70. The first-order valence-corrected chi connectivity index (χ1v) is 5.11. The number of rotatable bonds is 3. The van der Waals surface area contributed by atoms with Crippen LogP contribution in [0.1, 0.15) is 6.42 Å². The van der Waals surface area contributed by atoms with Gasteiger partial charge in [-0.05, 0) is 12.1 Å². The summed E-state index contributed by atoms with van der Waals surface area (Å²) in [5, 5.41) is 15.4. The summed E-state index contributed by atoms with van der Waals surface area (Å²) >= 11 is 0. The van der Waals surface area contributed by atoms with Crippen LogP contribution in [0.15, 0.2) is 41.7 Å². The van der Waals surface area contributed by atoms with Crippen LogP contribution in [-0.4, -0.2) is 16.7 Å². The maximum Gasteiger partial charge on any atom is 0.353 e. The maximum absolute atomic E-state index is 11.4. The van der Waals surface area contributed by atoms with Crippen LogP contribution in [0.5, 0.6) is 0 Å². The molecule has 2 N–H and O–H groups in total. The zero-order valence-corrected chi connectivity index (χ0v) is 9.17. The number of benzene rings is 1. The van der Waals surface area contributed by atoms with Gasteiger partial charge in [0.2, 0.25) is 5.91 Å². The SMILES string of the molecule is O=C1CC(Nc2ccccc2)=C([N+](=O)[O-])C(=O)N1. The van der Waals surface area contributed by atoms with Crippen molar-refractivity contribution >= 4 is 17.5 Å². The number of nitro groups is 1. The van der Waals surface area contributed by atoms with E-state index in [4.69, 9.17) is 0 Å². The molecule has 0 saturated carbocycles. The van der Waals surface area contributed by atoms with E-state index in [2.05, 4.69) is 5.32 Å². The van der Waals surface area contributed by atoms with Gasteiger partial charge in [0.1, 0.15) is 5.70 Å². The number of nitrogens with one attached hydrogen (secondary N) is 2. The number of para-hydroxylation sites is 1. The molecule has 1 aromatic rings. The summed E-state index contributed by atoms with van der Waals surface area (Å²) in [6.07, 6.45) is -0.225. The highest BCUT2D eigenvalue weighted by Gasteiger charge is 2.34. The first-order chi connectivity index (χ1) is 8.58. The number of nitrogens with zero attached hydrogens (tertiary/aromatic N) is 1. The molecule has 7 heteroatoms. The minimum Gasteiger partial charge on any atom is -0.353 e. The van der Waals surface area contributed by atoms with E-state index in [1.807, 2.05) is 5.32 Å². The fraction of sp³-hybridized carbons (Fsp3) is 0.0909. The third kappa shape index (κ3) is 2.34. The van der Waals surface area contributed by atoms with Crippen molar-refractivity contribution in [3.05, 3.63) is 51.8 Å². The van der Waals surface area contributed by atoms with Gasteiger partial charge in [-0.15, -0.1) is 0 Å². The Balaban J connectivity index is 2.37. The molecule has 0 bridgehead atoms. The predicted molar refractivity (Wildman–Crippen MR) is 61.9 cm³/mol. The zero-order valence-electron chi connectivity index (χ0n) is 9.17. The lowest BCUT2D eigenvalue weighted by Crippen LogP contribution is -2.40. The Kier molecular flexibility index (Phi) is 3.05. The van der Waals surface area contributed by atoms with E-state index in [0.29, 0.717) is 5.69 Å². The summed E-state index contributed by atoms with van der Waals surface area (Å²) in [4.78, 5) is 32.6. The van der Waals surface area contributed by atoms with E-state index in [0.717, 1.165) is 0 Å². The second-order valence-electron chi connectivity index (χ2n) is 3.63. The Morgan fingerprint density at radius 1 is 1.22 bits per heavy atom. The molecule has 2 rings (SSSR count). The van der Waals surface area contributed by atoms with Gasteiger partial charge >= 0.3 is 11.6 Å². The lowest BCUT2D eigenvalue weighted by atomic mass is 10.1. The molecule has 0 unspecified atom stereocenters. The van der Waals surface area contributed by atoms with Gasteiger partial charge in [0, 0.05) is 5.69 Å². The summed E-state index contributed by atoms with van der Waals surface area (Å²) in [7, 11) is 0. The summed E-state index contributed by atoms with van der Waals surface area (Å²) < 4.78 is 0. The number of anilines is 1. The molecule has 7 nitrogen and oxygen atoms in total. The van der Waals surface area contributed by atoms with E-state index < -0.39 is 22.4 Å². The van der Waals surface area contributed by atoms with Gasteiger partial charge in [-0.25, -0.2) is 0 Å². The van der Waals surface area contributed by atoms with E-state index in [1.54, 1.807) is 30.3 Å². The van der Waals surface area contributed by atoms with Crippen molar-refractivity contribution in [2.45, 2.75) is 6.42 Å². The molecular weight excluding hydrogens is 238 g/mol. The molecule has 2 amide bonds. The Labute approximate surface area is 102 Å². The number of carbonyl (C=O) groups is 2. The summed E-state index contributed by atoms with van der Waals surface area (Å²) in [5.41, 5.74) is -0.0484. The van der Waals surface area contributed by atoms with Gasteiger partial charge in [-0.1, -0.05) is 18.2 Å². The topological polar surface area (TPSA) is 101 Å². The first-order valence-electron chi connectivity index (χ1n) is 5.11. The number of hydrogen-bond donors (Lipinski definition) is 2. The second-order valence-corrected chi connectivity index (χ2v) is 3.63. The zero-order chi connectivity index (χ0) is 13.1. The number of imide groups is 1. The van der Waals surface area contributed by atoms with Crippen LogP contribution in [0, 0.1) is 10.1 Å². The van der Waals surface area contributed by atoms with Crippen molar-refractivity contribution in [2.24, 2.45) is 0 Å². The molecule has 18 heavy (non-hydrogen) atoms. The Morgan fingerprint density at radius 3 is 2.50 bits per heavy atom. The third-order valence-electron chi connectivity index (χ3n) is 2.34. The third-order valence-corrected chi connectivity index (χ3v) is 2.34. The van der Waals surface area contributed by atoms with Crippen molar-refractivity contribution in [3.63, 3.8) is 0 Å². The molecule has 92 valence electrons. The molecule has 0 saturated heterocycles. The average Bonchev–Trinajstić information content (AvgIpc) is 2.28. The second kappa shape index (κ2) is 4.66. The highest BCUT2D eigenvalue weighted by atomic mass is 16.6. The molecule has 1 aromatic carbocycles. The molecule has 1 aliphatic heterocycles. The highest BCUT2D eigenvalue weighted by molar-refractivity contribution is 6.07. The van der Waals surface area contributed by atoms with Crippen LogP contribution in [0.3, 0.4) is 0 Å². The quantitative estimate of drug-likeness (QED) is 0.463. The standard InChI is InChI=1S/C11H9N3O4/c15-9-6-8(10(14(17)18)11(16)13-9)12-7-4-2-1-3-5-7/h1-5,12H,6H2,(H,13,15,16). The van der Waals surface area contributed by atoms with Crippen molar-refractivity contribution in [2.75, 3.05) is 5.32 Å². The van der Waals surface area contributed by atoms with Crippen LogP contribution in [0.25, 0.3) is 0 Å². The largest absolute Gasteiger partial charge is 0.353 e. The monoisotopic (exact) mass is 247 g/mol. The smallest absolute Gasteiger partial charge is 0.353 e. The predicted octanol–water partition coefficient (Wildman–Crippen LogP) is 0.633. The molecule has 1 heterocycles. The fourth-order valence-corrected chi connectivity index (χ4v) is 1.60. The highest BCUT2D eigenvalue weighted by Crippen LogP contribution is 2.18. The minimum absolute atomic E-state index is 0.0000463. The fourth-order valence-electron chi connectivity index (χ4n) is 1.60. The number of amides is 2. The van der Waals surface area contributed by atoms with Crippen LogP contribution in [-0.2, 0) is 9.59 Å². The van der Waals surface area contributed by atoms with Crippen molar-refractivity contribution in [1.29, 1.82) is 0 Å². The lowest BCUT2D eigenvalue weighted by Gasteiger charge is -2.15. The minimum atomic E-state index is -0.991. The molecule has 0 aliphatic carbocycles. The molecule has 0 aromatic heterocycles. The van der Waals surface area contributed by atoms with Crippen LogP contribution in [0.2, 0.25) is 0 Å². The van der Waals surface area contributed by atoms with Crippen molar-refractivity contribution in [3.8, 4) is 0 Å². The number of hydrogen-bond acceptors (Lipinski definition) is 5. The van der Waals surface area contributed by atoms with E-state index in [1.165, 1.54) is 0 Å². The normalized spacial score (nSPS) is 15.3. The van der Waals surface area contributed by atoms with Crippen molar-refractivity contribution in [1.82, 2.24) is 5.32 Å². The number of carbonyl (C=O) groups excluding carboxylic acids is 2. The van der Waals surface area contributed by atoms with Gasteiger partial charge in [0.25, 0.3) is 0 Å². The van der Waals surface area contributed by atoms with Gasteiger partial charge in [0.15, 0.2) is 0 Å². The first kappa shape index (κ1) is 11.8. The lowest BCUT2D eigenvalue weighted by molar-refractivity contribution is -0.420. The molecule has 0 atom stereocenters. The molecule has 0 fully saturated rings. The van der Waals surface area contributed by atoms with Crippen LogP contribution >= 0.6 is 0 Å². The summed E-state index contributed by atoms with van der Waals surface area (Å²) in [5.74, 6) is -1.56. The average molecular weight is 247 g/mol. The summed E-state index contributed by atoms with van der Waals surface area (Å²) in [6.45, 7) is 0. The van der Waals surface area contributed by atoms with Gasteiger partial charge < -0.3 is 5.32 Å². The van der Waals surface area contributed by atoms with Gasteiger partial charge in [-0.3, -0.25) is 25.0 Å². The van der Waals surface area contributed by atoms with E-state index >= 15 is 0 Å². The Morgan fingerprint density at radius 2 is 1.89 bits per heavy atom. The van der Waals surface area contributed by atoms with Gasteiger partial charge in [0.05, 0.1) is 11.3 Å². The van der Waals surface area contributed by atoms with E-state index in [9.17, 15) is 19.7 Å².